The van der Waals surface area contributed by atoms with Gasteiger partial charge in [-0.2, -0.15) is 5.10 Å². The van der Waals surface area contributed by atoms with E-state index >= 15 is 0 Å². The lowest BCUT2D eigenvalue weighted by molar-refractivity contribution is -0.133. The third kappa shape index (κ3) is 3.93. The number of hydrogen-bond donors (Lipinski definition) is 0. The molecular weight excluding hydrogens is 292 g/mol. The number of ether oxygens (including phenoxy) is 1. The molecule has 1 aromatic heterocycles. The first-order valence-corrected chi connectivity index (χ1v) is 8.69. The molecule has 6 nitrogen and oxygen atoms in total. The molecule has 0 bridgehead atoms. The molecule has 1 aliphatic carbocycles. The van der Waals surface area contributed by atoms with Gasteiger partial charge in [-0.1, -0.05) is 12.8 Å². The third-order valence-corrected chi connectivity index (χ3v) is 5.07. The summed E-state index contributed by atoms with van der Waals surface area (Å²) in [6.45, 7) is 2.82. The molecule has 0 radical (unpaired) electrons. The van der Waals surface area contributed by atoms with Crippen LogP contribution in [0.15, 0.2) is 12.3 Å². The predicted octanol–water partition coefficient (Wildman–Crippen LogP) is 1.68. The summed E-state index contributed by atoms with van der Waals surface area (Å²) < 4.78 is 7.72. The molecule has 0 spiro atoms. The van der Waals surface area contributed by atoms with Gasteiger partial charge in [0.2, 0.25) is 5.91 Å². The Labute approximate surface area is 138 Å². The van der Waals surface area contributed by atoms with Crippen molar-refractivity contribution in [2.45, 2.75) is 50.7 Å². The monoisotopic (exact) mass is 320 g/mol. The molecule has 23 heavy (non-hydrogen) atoms. The number of carbonyl (C=O) groups is 1. The number of aromatic nitrogens is 2. The maximum absolute atomic E-state index is 11.6. The van der Waals surface area contributed by atoms with Crippen LogP contribution in [0, 0.1) is 0 Å². The lowest BCUT2D eigenvalue weighted by atomic mass is 10.1. The van der Waals surface area contributed by atoms with Crippen LogP contribution in [-0.2, 0) is 16.1 Å². The largest absolute Gasteiger partial charge is 0.372 e. The Hall–Kier alpha value is -1.40. The van der Waals surface area contributed by atoms with Crippen LogP contribution >= 0.6 is 0 Å². The van der Waals surface area contributed by atoms with Crippen LogP contribution in [0.5, 0.6) is 0 Å². The summed E-state index contributed by atoms with van der Waals surface area (Å²) in [4.78, 5) is 15.7. The fraction of sp³-hybridized carbons (Fsp3) is 0.765. The molecule has 1 atom stereocenters. The molecule has 1 saturated carbocycles. The topological polar surface area (TPSA) is 50.6 Å². The van der Waals surface area contributed by atoms with Gasteiger partial charge in [0.25, 0.3) is 0 Å². The van der Waals surface area contributed by atoms with Gasteiger partial charge in [-0.05, 0) is 25.3 Å². The van der Waals surface area contributed by atoms with Crippen molar-refractivity contribution >= 4 is 5.91 Å². The second-order valence-electron chi connectivity index (χ2n) is 6.92. The summed E-state index contributed by atoms with van der Waals surface area (Å²) in [6.07, 6.45) is 8.18. The highest BCUT2D eigenvalue weighted by Gasteiger charge is 2.31. The van der Waals surface area contributed by atoms with Crippen molar-refractivity contribution in [2.24, 2.45) is 0 Å². The normalized spacial score (nSPS) is 22.3. The Balaban J connectivity index is 1.54. The average Bonchev–Trinajstić information content (AvgIpc) is 3.21. The first-order chi connectivity index (χ1) is 11.1. The zero-order valence-electron chi connectivity index (χ0n) is 14.3. The summed E-state index contributed by atoms with van der Waals surface area (Å²) in [5.74, 6) is 0.0148. The van der Waals surface area contributed by atoms with E-state index in [4.69, 9.17) is 4.74 Å². The molecule has 0 saturated heterocycles. The van der Waals surface area contributed by atoms with E-state index in [1.54, 1.807) is 19.0 Å². The van der Waals surface area contributed by atoms with Crippen LogP contribution in [-0.4, -0.2) is 65.4 Å². The quantitative estimate of drug-likeness (QED) is 0.748. The zero-order chi connectivity index (χ0) is 16.2. The molecule has 1 unspecified atom stereocenters. The van der Waals surface area contributed by atoms with Crippen LogP contribution in [0.25, 0.3) is 0 Å². The highest BCUT2D eigenvalue weighted by atomic mass is 16.5. The van der Waals surface area contributed by atoms with Gasteiger partial charge in [-0.25, -0.2) is 0 Å². The third-order valence-electron chi connectivity index (χ3n) is 5.07. The first kappa shape index (κ1) is 16.5. The summed E-state index contributed by atoms with van der Waals surface area (Å²) in [7, 11) is 3.50. The highest BCUT2D eigenvalue weighted by molar-refractivity contribution is 5.76. The van der Waals surface area contributed by atoms with E-state index in [0.717, 1.165) is 25.6 Å². The van der Waals surface area contributed by atoms with Crippen LogP contribution in [0.4, 0.5) is 0 Å². The highest BCUT2D eigenvalue weighted by Crippen LogP contribution is 2.30. The van der Waals surface area contributed by atoms with Crippen molar-refractivity contribution in [3.8, 4) is 0 Å². The average molecular weight is 320 g/mol. The van der Waals surface area contributed by atoms with Gasteiger partial charge < -0.3 is 9.64 Å². The Morgan fingerprint density at radius 1 is 1.39 bits per heavy atom. The molecule has 1 fully saturated rings. The summed E-state index contributed by atoms with van der Waals surface area (Å²) >= 11 is 0. The van der Waals surface area contributed by atoms with Gasteiger partial charge in [-0.3, -0.25) is 14.4 Å². The number of rotatable bonds is 6. The molecule has 0 N–H and O–H groups in total. The molecule has 2 aliphatic rings. The minimum atomic E-state index is 0.0148. The van der Waals surface area contributed by atoms with Crippen LogP contribution in [0.1, 0.15) is 43.8 Å². The van der Waals surface area contributed by atoms with E-state index in [1.165, 1.54) is 31.4 Å². The SMILES string of the molecule is CN(C)C(=O)COCCC1CN(C2CCCC2)Cc2ccnn21. The molecular formula is C17H28N4O2. The number of nitrogens with zero attached hydrogens (tertiary/aromatic N) is 4. The van der Waals surface area contributed by atoms with Crippen molar-refractivity contribution in [3.63, 3.8) is 0 Å². The van der Waals surface area contributed by atoms with E-state index in [0.29, 0.717) is 12.6 Å². The van der Waals surface area contributed by atoms with Gasteiger partial charge in [0.15, 0.2) is 0 Å². The van der Waals surface area contributed by atoms with Crippen molar-refractivity contribution in [2.75, 3.05) is 33.9 Å². The van der Waals surface area contributed by atoms with Crippen molar-refractivity contribution in [3.05, 3.63) is 18.0 Å². The Morgan fingerprint density at radius 2 is 2.17 bits per heavy atom. The maximum atomic E-state index is 11.6. The number of carbonyl (C=O) groups excluding carboxylic acids is 1. The molecule has 6 heteroatoms. The molecule has 128 valence electrons. The Kier molecular flexibility index (Phi) is 5.33. The fourth-order valence-electron chi connectivity index (χ4n) is 3.69. The lowest BCUT2D eigenvalue weighted by Gasteiger charge is -2.37. The summed E-state index contributed by atoms with van der Waals surface area (Å²) in [5, 5.41) is 4.50. The molecule has 1 amide bonds. The second-order valence-corrected chi connectivity index (χ2v) is 6.92. The van der Waals surface area contributed by atoms with Crippen molar-refractivity contribution in [1.82, 2.24) is 19.6 Å². The summed E-state index contributed by atoms with van der Waals surface area (Å²) in [5.41, 5.74) is 1.30. The van der Waals surface area contributed by atoms with Crippen LogP contribution in [0.2, 0.25) is 0 Å². The molecule has 3 rings (SSSR count). The van der Waals surface area contributed by atoms with E-state index in [-0.39, 0.29) is 12.5 Å². The number of amides is 1. The fourth-order valence-corrected chi connectivity index (χ4v) is 3.69. The summed E-state index contributed by atoms with van der Waals surface area (Å²) in [6, 6.07) is 3.21. The van der Waals surface area contributed by atoms with Gasteiger partial charge in [0, 0.05) is 46.0 Å². The molecule has 2 heterocycles. The molecule has 1 aromatic rings. The smallest absolute Gasteiger partial charge is 0.248 e. The predicted molar refractivity (Wildman–Crippen MR) is 88.1 cm³/mol. The minimum Gasteiger partial charge on any atom is -0.372 e. The van der Waals surface area contributed by atoms with Crippen LogP contribution in [0.3, 0.4) is 0 Å². The minimum absolute atomic E-state index is 0.0148. The number of likely N-dealkylation sites (N-methyl/N-ethyl adjacent to an activating group) is 1. The molecule has 1 aliphatic heterocycles. The Morgan fingerprint density at radius 3 is 2.91 bits per heavy atom. The Bertz CT molecular complexity index is 522. The number of hydrogen-bond acceptors (Lipinski definition) is 4. The van der Waals surface area contributed by atoms with Crippen LogP contribution < -0.4 is 0 Å². The lowest BCUT2D eigenvalue weighted by Crippen LogP contribution is -2.43. The van der Waals surface area contributed by atoms with E-state index < -0.39 is 0 Å². The van der Waals surface area contributed by atoms with Crippen molar-refractivity contribution in [1.29, 1.82) is 0 Å². The molecule has 0 aromatic carbocycles. The van der Waals surface area contributed by atoms with Gasteiger partial charge in [0.05, 0.1) is 11.7 Å². The maximum Gasteiger partial charge on any atom is 0.248 e. The van der Waals surface area contributed by atoms with Crippen molar-refractivity contribution < 1.29 is 9.53 Å². The van der Waals surface area contributed by atoms with Gasteiger partial charge >= 0.3 is 0 Å². The second kappa shape index (κ2) is 7.45. The van der Waals surface area contributed by atoms with Gasteiger partial charge in [0.1, 0.15) is 6.61 Å². The van der Waals surface area contributed by atoms with Gasteiger partial charge in [-0.15, -0.1) is 0 Å². The number of fused-ring (bicyclic) bond motifs is 1. The van der Waals surface area contributed by atoms with E-state index in [9.17, 15) is 4.79 Å². The van der Waals surface area contributed by atoms with E-state index in [1.807, 2.05) is 6.20 Å². The zero-order valence-corrected chi connectivity index (χ0v) is 14.3. The standard InChI is InChI=1S/C17H28N4O2/c1-19(2)17(22)13-23-10-8-16-12-20(14-5-3-4-6-14)11-15-7-9-18-21(15)16/h7,9,14,16H,3-6,8,10-13H2,1-2H3. The first-order valence-electron chi connectivity index (χ1n) is 8.69. The van der Waals surface area contributed by atoms with E-state index in [2.05, 4.69) is 20.7 Å².